The Kier molecular flexibility index (Phi) is 7.34. The van der Waals surface area contributed by atoms with Crippen LogP contribution < -0.4 is 10.6 Å². The second-order valence-electron chi connectivity index (χ2n) is 6.68. The Morgan fingerprint density at radius 1 is 1.11 bits per heavy atom. The number of aryl methyl sites for hydroxylation is 2. The summed E-state index contributed by atoms with van der Waals surface area (Å²) in [7, 11) is 0. The van der Waals surface area contributed by atoms with Crippen LogP contribution in [0.1, 0.15) is 58.2 Å². The van der Waals surface area contributed by atoms with Crippen molar-refractivity contribution in [3.05, 3.63) is 51.4 Å². The molecule has 0 unspecified atom stereocenters. The molecule has 0 aliphatic carbocycles. The highest BCUT2D eigenvalue weighted by Crippen LogP contribution is 2.33. The molecule has 2 N–H and O–H groups in total. The minimum atomic E-state index is -0.621. The van der Waals surface area contributed by atoms with E-state index in [1.165, 1.54) is 18.3 Å². The van der Waals surface area contributed by atoms with Gasteiger partial charge in [0.05, 0.1) is 11.6 Å². The molecule has 0 fully saturated rings. The quantitative estimate of drug-likeness (QED) is 0.684. The van der Waals surface area contributed by atoms with E-state index in [1.54, 1.807) is 6.92 Å². The molecule has 1 aromatic heterocycles. The van der Waals surface area contributed by atoms with Gasteiger partial charge in [0.15, 0.2) is 6.61 Å². The molecule has 6 nitrogen and oxygen atoms in total. The van der Waals surface area contributed by atoms with Crippen LogP contribution in [0.15, 0.2) is 24.3 Å². The Hall–Kier alpha value is -2.67. The summed E-state index contributed by atoms with van der Waals surface area (Å²) in [6.07, 6.45) is 0.720. The predicted octanol–water partition coefficient (Wildman–Crippen LogP) is 4.06. The van der Waals surface area contributed by atoms with Crippen LogP contribution in [0.3, 0.4) is 0 Å². The smallest absolute Gasteiger partial charge is 0.341 e. The molecule has 0 bridgehead atoms. The van der Waals surface area contributed by atoms with Gasteiger partial charge in [0.25, 0.3) is 5.91 Å². The van der Waals surface area contributed by atoms with Crippen molar-refractivity contribution in [2.45, 2.75) is 47.1 Å². The van der Waals surface area contributed by atoms with Gasteiger partial charge in [-0.05, 0) is 38.3 Å². The maximum absolute atomic E-state index is 12.5. The number of esters is 1. The van der Waals surface area contributed by atoms with Gasteiger partial charge >= 0.3 is 5.97 Å². The number of amides is 2. The number of benzene rings is 1. The molecule has 2 amide bonds. The maximum atomic E-state index is 12.5. The summed E-state index contributed by atoms with van der Waals surface area (Å²) in [5.41, 5.74) is 3.20. The first-order valence-electron chi connectivity index (χ1n) is 9.13. The zero-order valence-corrected chi connectivity index (χ0v) is 17.7. The van der Waals surface area contributed by atoms with Crippen LogP contribution >= 0.6 is 11.3 Å². The maximum Gasteiger partial charge on any atom is 0.341 e. The van der Waals surface area contributed by atoms with Gasteiger partial charge in [0.1, 0.15) is 5.00 Å². The molecular weight excluding hydrogens is 376 g/mol. The number of hydrogen-bond donors (Lipinski definition) is 2. The topological polar surface area (TPSA) is 84.5 Å². The SMILES string of the molecule is CC[C@H](NC(=O)COC(=O)c1c(NC(C)=O)sc(C)c1C)c1ccc(C)cc1. The first-order chi connectivity index (χ1) is 13.2. The molecule has 0 aliphatic rings. The Bertz CT molecular complexity index is 871. The molecule has 0 aliphatic heterocycles. The van der Waals surface area contributed by atoms with E-state index in [9.17, 15) is 14.4 Å². The van der Waals surface area contributed by atoms with Crippen molar-refractivity contribution in [2.24, 2.45) is 0 Å². The number of anilines is 1. The second-order valence-corrected chi connectivity index (χ2v) is 7.91. The van der Waals surface area contributed by atoms with Gasteiger partial charge in [0.2, 0.25) is 5.91 Å². The molecule has 28 heavy (non-hydrogen) atoms. The molecule has 0 spiro atoms. The molecule has 1 heterocycles. The number of ether oxygens (including phenoxy) is 1. The van der Waals surface area contributed by atoms with E-state index in [0.717, 1.165) is 28.0 Å². The Morgan fingerprint density at radius 3 is 2.32 bits per heavy atom. The van der Waals surface area contributed by atoms with Crippen molar-refractivity contribution >= 4 is 34.1 Å². The minimum absolute atomic E-state index is 0.146. The average molecular weight is 403 g/mol. The highest BCUT2D eigenvalue weighted by Gasteiger charge is 2.23. The van der Waals surface area contributed by atoms with E-state index in [4.69, 9.17) is 4.74 Å². The third kappa shape index (κ3) is 5.42. The molecule has 1 aromatic carbocycles. The Morgan fingerprint density at radius 2 is 1.75 bits per heavy atom. The molecule has 0 saturated heterocycles. The molecule has 2 rings (SSSR count). The lowest BCUT2D eigenvalue weighted by atomic mass is 10.0. The van der Waals surface area contributed by atoms with Crippen molar-refractivity contribution in [2.75, 3.05) is 11.9 Å². The number of rotatable bonds is 7. The summed E-state index contributed by atoms with van der Waals surface area (Å²) in [5, 5.41) is 5.99. The lowest BCUT2D eigenvalue weighted by Gasteiger charge is -2.17. The molecule has 2 aromatic rings. The number of nitrogens with one attached hydrogen (secondary N) is 2. The highest BCUT2D eigenvalue weighted by atomic mass is 32.1. The van der Waals surface area contributed by atoms with Crippen molar-refractivity contribution in [1.82, 2.24) is 5.32 Å². The monoisotopic (exact) mass is 402 g/mol. The number of carbonyl (C=O) groups excluding carboxylic acids is 3. The zero-order valence-electron chi connectivity index (χ0n) is 16.8. The molecule has 0 saturated carbocycles. The molecule has 150 valence electrons. The van der Waals surface area contributed by atoms with Crippen LogP contribution in [-0.4, -0.2) is 24.4 Å². The zero-order chi connectivity index (χ0) is 20.8. The normalized spacial score (nSPS) is 11.6. The summed E-state index contributed by atoms with van der Waals surface area (Å²) in [6, 6.07) is 7.80. The number of hydrogen-bond acceptors (Lipinski definition) is 5. The van der Waals surface area contributed by atoms with Crippen LogP contribution in [0.2, 0.25) is 0 Å². The van der Waals surface area contributed by atoms with E-state index >= 15 is 0 Å². The van der Waals surface area contributed by atoms with E-state index in [2.05, 4.69) is 10.6 Å². The van der Waals surface area contributed by atoms with Crippen molar-refractivity contribution in [3.8, 4) is 0 Å². The molecule has 1 atom stereocenters. The number of carbonyl (C=O) groups is 3. The standard InChI is InChI=1S/C21H26N2O4S/c1-6-17(16-9-7-12(2)8-10-16)23-18(25)11-27-21(26)19-13(3)14(4)28-20(19)22-15(5)24/h7-10,17H,6,11H2,1-5H3,(H,22,24)(H,23,25)/t17-/m0/s1. The van der Waals surface area contributed by atoms with Crippen molar-refractivity contribution in [3.63, 3.8) is 0 Å². The lowest BCUT2D eigenvalue weighted by molar-refractivity contribution is -0.125. The van der Waals surface area contributed by atoms with Gasteiger partial charge in [-0.25, -0.2) is 4.79 Å². The van der Waals surface area contributed by atoms with E-state index in [0.29, 0.717) is 10.6 Å². The summed E-state index contributed by atoms with van der Waals surface area (Å²) < 4.78 is 5.21. The van der Waals surface area contributed by atoms with Crippen LogP contribution in [0, 0.1) is 20.8 Å². The van der Waals surface area contributed by atoms with E-state index in [1.807, 2.05) is 45.0 Å². The van der Waals surface area contributed by atoms with Gasteiger partial charge in [-0.1, -0.05) is 36.8 Å². The fourth-order valence-electron chi connectivity index (χ4n) is 2.78. The van der Waals surface area contributed by atoms with Gasteiger partial charge in [0, 0.05) is 11.8 Å². The van der Waals surface area contributed by atoms with Crippen LogP contribution in [0.4, 0.5) is 5.00 Å². The van der Waals surface area contributed by atoms with Crippen molar-refractivity contribution in [1.29, 1.82) is 0 Å². The fourth-order valence-corrected chi connectivity index (χ4v) is 3.87. The van der Waals surface area contributed by atoms with Crippen LogP contribution in [0.5, 0.6) is 0 Å². The van der Waals surface area contributed by atoms with Crippen LogP contribution in [-0.2, 0) is 14.3 Å². The van der Waals surface area contributed by atoms with Crippen LogP contribution in [0.25, 0.3) is 0 Å². The summed E-state index contributed by atoms with van der Waals surface area (Å²) >= 11 is 1.31. The third-order valence-electron chi connectivity index (χ3n) is 4.44. The Balaban J connectivity index is 2.01. The van der Waals surface area contributed by atoms with Gasteiger partial charge in [-0.2, -0.15) is 0 Å². The summed E-state index contributed by atoms with van der Waals surface area (Å²) in [6.45, 7) is 8.64. The van der Waals surface area contributed by atoms with Gasteiger partial charge in [-0.3, -0.25) is 9.59 Å². The molecular formula is C21H26N2O4S. The highest BCUT2D eigenvalue weighted by molar-refractivity contribution is 7.16. The lowest BCUT2D eigenvalue weighted by Crippen LogP contribution is -2.32. The second kappa shape index (κ2) is 9.50. The Labute approximate surface area is 169 Å². The first kappa shape index (κ1) is 21.6. The largest absolute Gasteiger partial charge is 0.452 e. The third-order valence-corrected chi connectivity index (χ3v) is 5.56. The first-order valence-corrected chi connectivity index (χ1v) is 9.95. The predicted molar refractivity (Wildman–Crippen MR) is 111 cm³/mol. The summed E-state index contributed by atoms with van der Waals surface area (Å²) in [5.74, 6) is -1.26. The van der Waals surface area contributed by atoms with E-state index < -0.39 is 5.97 Å². The van der Waals surface area contributed by atoms with E-state index in [-0.39, 0.29) is 24.5 Å². The molecule has 7 heteroatoms. The van der Waals surface area contributed by atoms with Gasteiger partial charge in [-0.15, -0.1) is 11.3 Å². The van der Waals surface area contributed by atoms with Crippen molar-refractivity contribution < 1.29 is 19.1 Å². The summed E-state index contributed by atoms with van der Waals surface area (Å²) in [4.78, 5) is 37.1. The fraction of sp³-hybridized carbons (Fsp3) is 0.381. The molecule has 0 radical (unpaired) electrons. The van der Waals surface area contributed by atoms with Gasteiger partial charge < -0.3 is 15.4 Å². The average Bonchev–Trinajstić information content (AvgIpc) is 2.91. The number of thiophene rings is 1. The minimum Gasteiger partial charge on any atom is -0.452 e.